The van der Waals surface area contributed by atoms with E-state index < -0.39 is 17.1 Å². The van der Waals surface area contributed by atoms with Gasteiger partial charge in [0.15, 0.2) is 11.6 Å². The van der Waals surface area contributed by atoms with Crippen LogP contribution in [0.1, 0.15) is 88.9 Å². The molecule has 0 spiro atoms. The molecule has 40 heavy (non-hydrogen) atoms. The monoisotopic (exact) mass is 560 g/mol. The van der Waals surface area contributed by atoms with Crippen molar-refractivity contribution in [2.75, 3.05) is 20.8 Å². The Kier molecular flexibility index (Phi) is 9.62. The highest BCUT2D eigenvalue weighted by atomic mass is 19.1. The molecule has 1 aromatic rings. The number of hydrogen-bond acceptors (Lipinski definition) is 6. The molecule has 9 heteroatoms. The van der Waals surface area contributed by atoms with Crippen LogP contribution in [0.25, 0.3) is 0 Å². The van der Waals surface area contributed by atoms with Crippen LogP contribution < -0.4 is 20.1 Å². The number of halogens is 1. The smallest absolute Gasteiger partial charge is 0.311 e. The highest BCUT2D eigenvalue weighted by Gasteiger charge is 2.51. The molecule has 1 aromatic carbocycles. The van der Waals surface area contributed by atoms with Crippen molar-refractivity contribution in [3.63, 3.8) is 0 Å². The number of benzene rings is 1. The lowest BCUT2D eigenvalue weighted by Gasteiger charge is -2.35. The van der Waals surface area contributed by atoms with Crippen LogP contribution in [0.3, 0.4) is 0 Å². The molecule has 8 nitrogen and oxygen atoms in total. The molecule has 0 radical (unpaired) electrons. The van der Waals surface area contributed by atoms with E-state index in [1.165, 1.54) is 26.4 Å². The third-order valence-electron chi connectivity index (χ3n) is 9.74. The molecule has 3 saturated carbocycles. The van der Waals surface area contributed by atoms with Crippen LogP contribution in [0.5, 0.6) is 11.5 Å². The minimum Gasteiger partial charge on any atom is -0.496 e. The number of carbonyl (C=O) groups excluding carboxylic acids is 3. The van der Waals surface area contributed by atoms with Crippen LogP contribution in [0.15, 0.2) is 12.1 Å². The molecule has 0 aliphatic heterocycles. The second-order valence-corrected chi connectivity index (χ2v) is 12.1. The van der Waals surface area contributed by atoms with Gasteiger partial charge in [0.2, 0.25) is 5.91 Å². The molecular weight excluding hydrogens is 515 g/mol. The number of rotatable bonds is 11. The Bertz CT molecular complexity index is 1080. The van der Waals surface area contributed by atoms with Crippen molar-refractivity contribution in [3.8, 4) is 11.5 Å². The fraction of sp³-hybridized carbons (Fsp3) is 0.710. The summed E-state index contributed by atoms with van der Waals surface area (Å²) in [6.45, 7) is 6.78. The fourth-order valence-corrected chi connectivity index (χ4v) is 6.99. The largest absolute Gasteiger partial charge is 0.496 e. The first-order valence-electron chi connectivity index (χ1n) is 14.8. The Morgan fingerprint density at radius 1 is 1.02 bits per heavy atom. The summed E-state index contributed by atoms with van der Waals surface area (Å²) in [5, 5.41) is 6.26. The summed E-state index contributed by atoms with van der Waals surface area (Å²) < 4.78 is 31.3. The minimum atomic E-state index is -0.617. The van der Waals surface area contributed by atoms with Gasteiger partial charge in [-0.1, -0.05) is 26.7 Å². The first kappa shape index (κ1) is 30.1. The van der Waals surface area contributed by atoms with Crippen molar-refractivity contribution in [1.82, 2.24) is 10.6 Å². The van der Waals surface area contributed by atoms with Gasteiger partial charge in [0.1, 0.15) is 5.75 Å². The molecule has 3 fully saturated rings. The molecule has 3 aliphatic rings. The number of ether oxygens (including phenoxy) is 3. The van der Waals surface area contributed by atoms with E-state index in [1.54, 1.807) is 0 Å². The molecule has 2 N–H and O–H groups in total. The molecule has 3 aliphatic carbocycles. The lowest BCUT2D eigenvalue weighted by atomic mass is 9.75. The van der Waals surface area contributed by atoms with Crippen molar-refractivity contribution < 1.29 is 33.0 Å². The number of nitrogens with one attached hydrogen (secondary N) is 2. The van der Waals surface area contributed by atoms with Gasteiger partial charge in [0.05, 0.1) is 37.2 Å². The molecule has 2 amide bonds. The van der Waals surface area contributed by atoms with E-state index in [4.69, 9.17) is 14.2 Å². The van der Waals surface area contributed by atoms with Gasteiger partial charge in [-0.3, -0.25) is 14.4 Å². The summed E-state index contributed by atoms with van der Waals surface area (Å²) in [5.74, 6) is -0.500. The average molecular weight is 561 g/mol. The Labute approximate surface area is 237 Å². The van der Waals surface area contributed by atoms with E-state index in [2.05, 4.69) is 24.5 Å². The predicted molar refractivity (Wildman–Crippen MR) is 149 cm³/mol. The maximum atomic E-state index is 15.0. The summed E-state index contributed by atoms with van der Waals surface area (Å²) in [5.41, 5.74) is -0.400. The average Bonchev–Trinajstić information content (AvgIpc) is 3.57. The quantitative estimate of drug-likeness (QED) is 0.368. The van der Waals surface area contributed by atoms with Gasteiger partial charge in [-0.25, -0.2) is 4.39 Å². The van der Waals surface area contributed by atoms with Gasteiger partial charge in [-0.15, -0.1) is 0 Å². The van der Waals surface area contributed by atoms with Crippen LogP contribution in [-0.2, 0) is 14.3 Å². The zero-order valence-corrected chi connectivity index (χ0v) is 24.5. The highest BCUT2D eigenvalue weighted by molar-refractivity contribution is 5.98. The van der Waals surface area contributed by atoms with E-state index in [1.807, 2.05) is 6.92 Å². The molecule has 222 valence electrons. The third-order valence-corrected chi connectivity index (χ3v) is 9.74. The molecular formula is C31H45FN2O6. The number of fused-ring (bicyclic) bond motifs is 2. The number of amides is 2. The maximum Gasteiger partial charge on any atom is 0.311 e. The number of methoxy groups -OCH3 is 2. The van der Waals surface area contributed by atoms with Crippen molar-refractivity contribution in [1.29, 1.82) is 0 Å². The summed E-state index contributed by atoms with van der Waals surface area (Å²) in [7, 11) is 2.78. The minimum absolute atomic E-state index is 0.00995. The Morgan fingerprint density at radius 2 is 1.70 bits per heavy atom. The standard InChI is InChI=1S/C31H45FN2O6/c1-6-18(7-2)17-33-29(36)26-19-8-9-20(14-19)27(26)34-28(35)22-15-25(23(32)16-24(22)38-4)40-21-10-12-31(3,13-11-21)30(37)39-5/h15-16,18-21,26-27H,6-14,17H2,1-5H3,(H,33,36)(H,34,35)/t19-,20+,21?,26+,27-,31?/m1/s1. The van der Waals surface area contributed by atoms with Gasteiger partial charge < -0.3 is 24.8 Å². The fourth-order valence-electron chi connectivity index (χ4n) is 6.99. The zero-order valence-electron chi connectivity index (χ0n) is 24.5. The lowest BCUT2D eigenvalue weighted by molar-refractivity contribution is -0.154. The second kappa shape index (κ2) is 12.8. The van der Waals surface area contributed by atoms with Crippen LogP contribution in [0.4, 0.5) is 4.39 Å². The van der Waals surface area contributed by atoms with E-state index in [-0.39, 0.29) is 58.8 Å². The number of carbonyl (C=O) groups is 3. The SMILES string of the molecule is CCC(CC)CNC(=O)[C@H]1[C@@H]2CC[C@@H](C2)[C@H]1NC(=O)c1cc(OC2CCC(C)(C(=O)OC)CC2)c(F)cc1OC. The first-order chi connectivity index (χ1) is 19.1. The number of hydrogen-bond donors (Lipinski definition) is 2. The van der Waals surface area contributed by atoms with E-state index in [0.29, 0.717) is 38.1 Å². The molecule has 0 saturated heterocycles. The first-order valence-corrected chi connectivity index (χ1v) is 14.8. The number of esters is 1. The predicted octanol–water partition coefficient (Wildman–Crippen LogP) is 5.03. The highest BCUT2D eigenvalue weighted by Crippen LogP contribution is 2.49. The zero-order chi connectivity index (χ0) is 29.0. The Hall–Kier alpha value is -2.84. The third kappa shape index (κ3) is 6.23. The van der Waals surface area contributed by atoms with Gasteiger partial charge in [-0.05, 0) is 75.7 Å². The summed E-state index contributed by atoms with van der Waals surface area (Å²) >= 11 is 0. The van der Waals surface area contributed by atoms with Crippen molar-refractivity contribution in [3.05, 3.63) is 23.5 Å². The van der Waals surface area contributed by atoms with Crippen molar-refractivity contribution in [2.24, 2.45) is 29.1 Å². The van der Waals surface area contributed by atoms with Crippen LogP contribution in [0, 0.1) is 34.9 Å². The van der Waals surface area contributed by atoms with Crippen molar-refractivity contribution >= 4 is 17.8 Å². The maximum absolute atomic E-state index is 15.0. The Balaban J connectivity index is 1.46. The summed E-state index contributed by atoms with van der Waals surface area (Å²) in [6.07, 6.45) is 6.90. The normalized spacial score (nSPS) is 29.2. The molecule has 0 aromatic heterocycles. The Morgan fingerprint density at radius 3 is 2.33 bits per heavy atom. The van der Waals surface area contributed by atoms with Gasteiger partial charge in [0.25, 0.3) is 5.91 Å². The lowest BCUT2D eigenvalue weighted by Crippen LogP contribution is -2.50. The van der Waals surface area contributed by atoms with Crippen LogP contribution in [-0.4, -0.2) is 50.7 Å². The second-order valence-electron chi connectivity index (χ2n) is 12.1. The molecule has 4 atom stereocenters. The van der Waals surface area contributed by atoms with E-state index in [0.717, 1.165) is 32.1 Å². The van der Waals surface area contributed by atoms with Crippen molar-refractivity contribution in [2.45, 2.75) is 90.7 Å². The molecule has 2 bridgehead atoms. The van der Waals surface area contributed by atoms with Gasteiger partial charge in [0, 0.05) is 18.7 Å². The summed E-state index contributed by atoms with van der Waals surface area (Å²) in [6, 6.07) is 2.29. The van der Waals surface area contributed by atoms with E-state index >= 15 is 4.39 Å². The summed E-state index contributed by atoms with van der Waals surface area (Å²) in [4.78, 5) is 39.0. The topological polar surface area (TPSA) is 103 Å². The molecule has 0 unspecified atom stereocenters. The van der Waals surface area contributed by atoms with E-state index in [9.17, 15) is 14.4 Å². The van der Waals surface area contributed by atoms with Crippen LogP contribution >= 0.6 is 0 Å². The van der Waals surface area contributed by atoms with Gasteiger partial charge >= 0.3 is 5.97 Å². The van der Waals surface area contributed by atoms with Gasteiger partial charge in [-0.2, -0.15) is 0 Å². The van der Waals surface area contributed by atoms with Crippen LogP contribution in [0.2, 0.25) is 0 Å². The molecule has 4 rings (SSSR count). The molecule has 0 heterocycles.